The molecule has 5 nitrogen and oxygen atoms in total. The molecule has 2 aromatic heterocycles. The molecule has 0 atom stereocenters. The summed E-state index contributed by atoms with van der Waals surface area (Å²) in [5.41, 5.74) is 3.22. The predicted molar refractivity (Wildman–Crippen MR) is 55.6 cm³/mol. The van der Waals surface area contributed by atoms with E-state index in [1.165, 1.54) is 22.9 Å². The summed E-state index contributed by atoms with van der Waals surface area (Å²) in [5, 5.41) is 5.91. The molecule has 0 amide bonds. The third kappa shape index (κ3) is 1.89. The van der Waals surface area contributed by atoms with Crippen molar-refractivity contribution in [2.24, 2.45) is 7.05 Å². The van der Waals surface area contributed by atoms with E-state index in [1.54, 1.807) is 18.8 Å². The number of aromatic nitrogens is 3. The van der Waals surface area contributed by atoms with Gasteiger partial charge in [0.1, 0.15) is 0 Å². The first-order valence-electron chi connectivity index (χ1n) is 4.27. The number of esters is 1. The van der Waals surface area contributed by atoms with Crippen LogP contribution in [0.4, 0.5) is 0 Å². The van der Waals surface area contributed by atoms with Gasteiger partial charge in [0, 0.05) is 19.4 Å². The van der Waals surface area contributed by atoms with E-state index in [9.17, 15) is 4.79 Å². The van der Waals surface area contributed by atoms with Gasteiger partial charge in [-0.05, 0) is 0 Å². The van der Waals surface area contributed by atoms with Crippen LogP contribution in [0.25, 0.3) is 11.3 Å². The van der Waals surface area contributed by atoms with Crippen LogP contribution in [0.5, 0.6) is 5.88 Å². The van der Waals surface area contributed by atoms with Crippen LogP contribution in [-0.2, 0) is 11.8 Å². The van der Waals surface area contributed by atoms with Crippen molar-refractivity contribution in [3.63, 3.8) is 0 Å². The summed E-state index contributed by atoms with van der Waals surface area (Å²) in [4.78, 5) is 15.0. The highest BCUT2D eigenvalue weighted by atomic mass is 32.1. The molecule has 2 aromatic rings. The first-order valence-corrected chi connectivity index (χ1v) is 5.21. The highest BCUT2D eigenvalue weighted by Gasteiger charge is 2.14. The van der Waals surface area contributed by atoms with Crippen LogP contribution < -0.4 is 4.74 Å². The van der Waals surface area contributed by atoms with Crippen LogP contribution in [0, 0.1) is 0 Å². The molecule has 6 heteroatoms. The lowest BCUT2D eigenvalue weighted by atomic mass is 10.3. The summed E-state index contributed by atoms with van der Waals surface area (Å²) >= 11 is 1.48. The topological polar surface area (TPSA) is 57.0 Å². The number of thiazole rings is 1. The third-order valence-electron chi connectivity index (χ3n) is 1.83. The number of rotatable bonds is 2. The molecular weight excluding hydrogens is 214 g/mol. The molecule has 0 aliphatic rings. The molecule has 0 radical (unpaired) electrons. The number of hydrogen-bond acceptors (Lipinski definition) is 5. The number of nitrogens with zero attached hydrogens (tertiary/aromatic N) is 3. The monoisotopic (exact) mass is 223 g/mol. The van der Waals surface area contributed by atoms with Gasteiger partial charge in [-0.25, -0.2) is 9.67 Å². The maximum atomic E-state index is 10.9. The molecule has 0 aliphatic carbocycles. The zero-order valence-corrected chi connectivity index (χ0v) is 9.11. The minimum Gasteiger partial charge on any atom is -0.407 e. The highest BCUT2D eigenvalue weighted by Crippen LogP contribution is 2.28. The lowest BCUT2D eigenvalue weighted by Gasteiger charge is -2.02. The molecule has 0 N–H and O–H groups in total. The Hall–Kier alpha value is -1.69. The zero-order valence-electron chi connectivity index (χ0n) is 8.30. The summed E-state index contributed by atoms with van der Waals surface area (Å²) in [5.74, 6) is 0.0588. The van der Waals surface area contributed by atoms with Crippen LogP contribution in [0.2, 0.25) is 0 Å². The smallest absolute Gasteiger partial charge is 0.309 e. The van der Waals surface area contributed by atoms with Crippen molar-refractivity contribution in [2.45, 2.75) is 6.92 Å². The van der Waals surface area contributed by atoms with Crippen LogP contribution in [0.15, 0.2) is 17.1 Å². The molecular formula is C9H9N3O2S. The second-order valence-electron chi connectivity index (χ2n) is 2.95. The Morgan fingerprint density at radius 3 is 3.00 bits per heavy atom. The zero-order chi connectivity index (χ0) is 10.8. The van der Waals surface area contributed by atoms with Crippen molar-refractivity contribution in [3.05, 3.63) is 17.1 Å². The molecule has 0 saturated carbocycles. The molecule has 0 fully saturated rings. The van der Waals surface area contributed by atoms with E-state index in [2.05, 4.69) is 10.1 Å². The van der Waals surface area contributed by atoms with Gasteiger partial charge in [-0.2, -0.15) is 5.10 Å². The Kier molecular flexibility index (Phi) is 2.51. The molecule has 0 aliphatic heterocycles. The molecule has 0 saturated heterocycles. The molecule has 78 valence electrons. The lowest BCUT2D eigenvalue weighted by Crippen LogP contribution is -2.06. The summed E-state index contributed by atoms with van der Waals surface area (Å²) in [6.45, 7) is 1.36. The van der Waals surface area contributed by atoms with E-state index in [0.29, 0.717) is 5.88 Å². The van der Waals surface area contributed by atoms with Gasteiger partial charge in [0.05, 0.1) is 23.0 Å². The third-order valence-corrected chi connectivity index (χ3v) is 2.42. The summed E-state index contributed by atoms with van der Waals surface area (Å²) < 4.78 is 6.58. The van der Waals surface area contributed by atoms with Crippen LogP contribution in [0.1, 0.15) is 6.92 Å². The van der Waals surface area contributed by atoms with E-state index in [1.807, 2.05) is 5.38 Å². The van der Waals surface area contributed by atoms with Crippen molar-refractivity contribution >= 4 is 17.3 Å². The molecule has 0 unspecified atom stereocenters. The number of hydrogen-bond donors (Lipinski definition) is 0. The van der Waals surface area contributed by atoms with Crippen molar-refractivity contribution in [3.8, 4) is 17.1 Å². The highest BCUT2D eigenvalue weighted by molar-refractivity contribution is 7.07. The fourth-order valence-electron chi connectivity index (χ4n) is 1.20. The van der Waals surface area contributed by atoms with E-state index in [0.717, 1.165) is 11.3 Å². The van der Waals surface area contributed by atoms with E-state index < -0.39 is 0 Å². The maximum Gasteiger partial charge on any atom is 0.309 e. The van der Waals surface area contributed by atoms with Gasteiger partial charge >= 0.3 is 5.97 Å². The molecule has 2 rings (SSSR count). The minimum absolute atomic E-state index is 0.366. The summed E-state index contributed by atoms with van der Waals surface area (Å²) in [7, 11) is 1.72. The Bertz CT molecular complexity index is 476. The number of ether oxygens (including phenoxy) is 1. The summed E-state index contributed by atoms with van der Waals surface area (Å²) in [6.07, 6.45) is 1.63. The van der Waals surface area contributed by atoms with Gasteiger partial charge in [-0.1, -0.05) is 0 Å². The van der Waals surface area contributed by atoms with Gasteiger partial charge in [0.25, 0.3) is 0 Å². The van der Waals surface area contributed by atoms with E-state index in [4.69, 9.17) is 4.74 Å². The van der Waals surface area contributed by atoms with Crippen molar-refractivity contribution in [2.75, 3.05) is 0 Å². The number of aryl methyl sites for hydroxylation is 1. The standard InChI is InChI=1S/C9H9N3O2S/c1-6(13)14-9-7(3-11-12(9)2)8-4-15-5-10-8/h3-5H,1-2H3. The first kappa shape index (κ1) is 9.85. The largest absolute Gasteiger partial charge is 0.407 e. The predicted octanol–water partition coefficient (Wildman–Crippen LogP) is 1.47. The van der Waals surface area contributed by atoms with Gasteiger partial charge < -0.3 is 4.74 Å². The fourth-order valence-corrected chi connectivity index (χ4v) is 1.76. The van der Waals surface area contributed by atoms with Crippen LogP contribution in [0.3, 0.4) is 0 Å². The Morgan fingerprint density at radius 2 is 2.40 bits per heavy atom. The average molecular weight is 223 g/mol. The van der Waals surface area contributed by atoms with E-state index >= 15 is 0 Å². The Morgan fingerprint density at radius 1 is 1.60 bits per heavy atom. The quantitative estimate of drug-likeness (QED) is 0.723. The summed E-state index contributed by atoms with van der Waals surface area (Å²) in [6, 6.07) is 0. The lowest BCUT2D eigenvalue weighted by molar-refractivity contribution is -0.132. The number of carbonyl (C=O) groups excluding carboxylic acids is 1. The van der Waals surface area contributed by atoms with Gasteiger partial charge in [-0.15, -0.1) is 11.3 Å². The first-order chi connectivity index (χ1) is 7.18. The van der Waals surface area contributed by atoms with Crippen molar-refractivity contribution < 1.29 is 9.53 Å². The second-order valence-corrected chi connectivity index (χ2v) is 3.67. The normalized spacial score (nSPS) is 10.3. The van der Waals surface area contributed by atoms with Gasteiger partial charge in [0.2, 0.25) is 5.88 Å². The van der Waals surface area contributed by atoms with Crippen LogP contribution in [-0.4, -0.2) is 20.7 Å². The molecule has 15 heavy (non-hydrogen) atoms. The number of carbonyl (C=O) groups is 1. The van der Waals surface area contributed by atoms with Gasteiger partial charge in [-0.3, -0.25) is 4.79 Å². The van der Waals surface area contributed by atoms with E-state index in [-0.39, 0.29) is 5.97 Å². The van der Waals surface area contributed by atoms with Crippen molar-refractivity contribution in [1.82, 2.24) is 14.8 Å². The fraction of sp³-hybridized carbons (Fsp3) is 0.222. The molecule has 0 bridgehead atoms. The molecule has 0 spiro atoms. The van der Waals surface area contributed by atoms with Crippen molar-refractivity contribution in [1.29, 1.82) is 0 Å². The molecule has 0 aromatic carbocycles. The SMILES string of the molecule is CC(=O)Oc1c(-c2cscn2)cnn1C. The maximum absolute atomic E-state index is 10.9. The Balaban J connectivity index is 2.44. The Labute approximate surface area is 90.3 Å². The average Bonchev–Trinajstić information content (AvgIpc) is 2.76. The molecule has 2 heterocycles. The minimum atomic E-state index is -0.366. The van der Waals surface area contributed by atoms with Gasteiger partial charge in [0.15, 0.2) is 0 Å². The second kappa shape index (κ2) is 3.82. The van der Waals surface area contributed by atoms with Crippen LogP contribution >= 0.6 is 11.3 Å².